The summed E-state index contributed by atoms with van der Waals surface area (Å²) in [5.41, 5.74) is 2.19. The maximum atomic E-state index is 5.76. The fraction of sp³-hybridized carbons (Fsp3) is 0.267. The molecule has 4 nitrogen and oxygen atoms in total. The molecule has 0 spiro atoms. The van der Waals surface area contributed by atoms with Crippen molar-refractivity contribution in [2.45, 2.75) is 13.2 Å². The van der Waals surface area contributed by atoms with E-state index in [1.807, 2.05) is 37.4 Å². The van der Waals surface area contributed by atoms with Crippen molar-refractivity contribution in [3.63, 3.8) is 0 Å². The molecule has 0 aliphatic carbocycles. The molecule has 1 heterocycles. The van der Waals surface area contributed by atoms with E-state index in [4.69, 9.17) is 9.47 Å². The van der Waals surface area contributed by atoms with Crippen molar-refractivity contribution in [2.24, 2.45) is 0 Å². The Morgan fingerprint density at radius 1 is 1.16 bits per heavy atom. The highest BCUT2D eigenvalue weighted by Crippen LogP contribution is 2.28. The zero-order valence-corrected chi connectivity index (χ0v) is 11.2. The van der Waals surface area contributed by atoms with Crippen molar-refractivity contribution in [3.05, 3.63) is 53.9 Å². The third kappa shape index (κ3) is 3.69. The minimum absolute atomic E-state index is 0.482. The van der Waals surface area contributed by atoms with Crippen LogP contribution >= 0.6 is 0 Å². The van der Waals surface area contributed by atoms with Gasteiger partial charge in [0.2, 0.25) is 0 Å². The highest BCUT2D eigenvalue weighted by molar-refractivity contribution is 5.43. The van der Waals surface area contributed by atoms with Gasteiger partial charge in [-0.05, 0) is 30.8 Å². The molecule has 0 aliphatic heterocycles. The summed E-state index contributed by atoms with van der Waals surface area (Å²) < 4.78 is 11.1. The van der Waals surface area contributed by atoms with Crippen molar-refractivity contribution in [1.29, 1.82) is 0 Å². The van der Waals surface area contributed by atoms with Crippen LogP contribution in [0.2, 0.25) is 0 Å². The van der Waals surface area contributed by atoms with Crippen molar-refractivity contribution in [3.8, 4) is 11.5 Å². The number of rotatable bonds is 6. The summed E-state index contributed by atoms with van der Waals surface area (Å²) in [6, 6.07) is 9.81. The standard InChI is InChI=1S/C15H18N2O2/c1-16-9-12-5-6-14(15(8-12)18-2)19-11-13-4-3-7-17-10-13/h3-8,10,16H,9,11H2,1-2H3. The van der Waals surface area contributed by atoms with Crippen molar-refractivity contribution in [1.82, 2.24) is 10.3 Å². The third-order valence-corrected chi connectivity index (χ3v) is 2.73. The predicted octanol–water partition coefficient (Wildman–Crippen LogP) is 2.39. The summed E-state index contributed by atoms with van der Waals surface area (Å²) in [7, 11) is 3.56. The van der Waals surface area contributed by atoms with Crippen LogP contribution in [-0.2, 0) is 13.2 Å². The van der Waals surface area contributed by atoms with Gasteiger partial charge in [0.15, 0.2) is 11.5 Å². The smallest absolute Gasteiger partial charge is 0.161 e. The van der Waals surface area contributed by atoms with Gasteiger partial charge in [-0.15, -0.1) is 0 Å². The molecule has 2 aromatic rings. The van der Waals surface area contributed by atoms with Gasteiger partial charge in [0.25, 0.3) is 0 Å². The van der Waals surface area contributed by atoms with Crippen molar-refractivity contribution >= 4 is 0 Å². The topological polar surface area (TPSA) is 43.4 Å². The van der Waals surface area contributed by atoms with E-state index in [9.17, 15) is 0 Å². The van der Waals surface area contributed by atoms with E-state index < -0.39 is 0 Å². The maximum absolute atomic E-state index is 5.76. The number of aromatic nitrogens is 1. The summed E-state index contributed by atoms with van der Waals surface area (Å²) in [6.45, 7) is 1.29. The molecular weight excluding hydrogens is 240 g/mol. The number of hydrogen-bond acceptors (Lipinski definition) is 4. The van der Waals surface area contributed by atoms with E-state index in [0.717, 1.165) is 29.2 Å². The Labute approximate surface area is 113 Å². The number of pyridine rings is 1. The fourth-order valence-electron chi connectivity index (χ4n) is 1.79. The Hall–Kier alpha value is -2.07. The molecule has 1 N–H and O–H groups in total. The Balaban J connectivity index is 2.07. The van der Waals surface area contributed by atoms with Crippen LogP contribution in [0.25, 0.3) is 0 Å². The third-order valence-electron chi connectivity index (χ3n) is 2.73. The average molecular weight is 258 g/mol. The quantitative estimate of drug-likeness (QED) is 0.864. The molecule has 100 valence electrons. The number of nitrogens with zero attached hydrogens (tertiary/aromatic N) is 1. The van der Waals surface area contributed by atoms with Crippen LogP contribution in [0.4, 0.5) is 0 Å². The maximum Gasteiger partial charge on any atom is 0.161 e. The highest BCUT2D eigenvalue weighted by Gasteiger charge is 2.06. The first kappa shape index (κ1) is 13.4. The second-order valence-corrected chi connectivity index (χ2v) is 4.17. The van der Waals surface area contributed by atoms with Crippen molar-refractivity contribution in [2.75, 3.05) is 14.2 Å². The first-order chi connectivity index (χ1) is 9.33. The van der Waals surface area contributed by atoms with Crippen LogP contribution in [0.1, 0.15) is 11.1 Å². The second kappa shape index (κ2) is 6.75. The first-order valence-corrected chi connectivity index (χ1v) is 6.16. The van der Waals surface area contributed by atoms with E-state index in [1.54, 1.807) is 19.5 Å². The Bertz CT molecular complexity index is 515. The van der Waals surface area contributed by atoms with Crippen LogP contribution in [0.5, 0.6) is 11.5 Å². The lowest BCUT2D eigenvalue weighted by Gasteiger charge is -2.12. The summed E-state index contributed by atoms with van der Waals surface area (Å²) in [5, 5.41) is 3.11. The minimum Gasteiger partial charge on any atom is -0.493 e. The molecule has 1 aromatic heterocycles. The van der Waals surface area contributed by atoms with E-state index in [0.29, 0.717) is 6.61 Å². The van der Waals surface area contributed by atoms with Gasteiger partial charge >= 0.3 is 0 Å². The molecule has 0 aliphatic rings. The molecule has 0 amide bonds. The van der Waals surface area contributed by atoms with Gasteiger partial charge in [-0.25, -0.2) is 0 Å². The number of nitrogens with one attached hydrogen (secondary N) is 1. The molecule has 0 unspecified atom stereocenters. The molecule has 19 heavy (non-hydrogen) atoms. The molecule has 0 radical (unpaired) electrons. The molecule has 1 aromatic carbocycles. The monoisotopic (exact) mass is 258 g/mol. The number of methoxy groups -OCH3 is 1. The summed E-state index contributed by atoms with van der Waals surface area (Å²) in [6.07, 6.45) is 3.54. The van der Waals surface area contributed by atoms with Crippen LogP contribution in [0.3, 0.4) is 0 Å². The highest BCUT2D eigenvalue weighted by atomic mass is 16.5. The zero-order chi connectivity index (χ0) is 13.5. The van der Waals surface area contributed by atoms with Crippen LogP contribution in [-0.4, -0.2) is 19.1 Å². The van der Waals surface area contributed by atoms with Gasteiger partial charge in [-0.1, -0.05) is 12.1 Å². The zero-order valence-electron chi connectivity index (χ0n) is 11.2. The van der Waals surface area contributed by atoms with Gasteiger partial charge < -0.3 is 14.8 Å². The van der Waals surface area contributed by atoms with E-state index >= 15 is 0 Å². The molecule has 0 bridgehead atoms. The van der Waals surface area contributed by atoms with Crippen molar-refractivity contribution < 1.29 is 9.47 Å². The first-order valence-electron chi connectivity index (χ1n) is 6.16. The van der Waals surface area contributed by atoms with E-state index in [-0.39, 0.29) is 0 Å². The summed E-state index contributed by atoms with van der Waals surface area (Å²) >= 11 is 0. The Morgan fingerprint density at radius 3 is 2.74 bits per heavy atom. The lowest BCUT2D eigenvalue weighted by molar-refractivity contribution is 0.284. The molecule has 0 atom stereocenters. The van der Waals surface area contributed by atoms with Crippen LogP contribution in [0.15, 0.2) is 42.7 Å². The van der Waals surface area contributed by atoms with Crippen LogP contribution < -0.4 is 14.8 Å². The average Bonchev–Trinajstić information content (AvgIpc) is 2.47. The molecule has 2 rings (SSSR count). The lowest BCUT2D eigenvalue weighted by atomic mass is 10.2. The lowest BCUT2D eigenvalue weighted by Crippen LogP contribution is -2.05. The fourth-order valence-corrected chi connectivity index (χ4v) is 1.79. The minimum atomic E-state index is 0.482. The van der Waals surface area contributed by atoms with E-state index in [2.05, 4.69) is 10.3 Å². The molecule has 0 saturated heterocycles. The number of ether oxygens (including phenoxy) is 2. The molecular formula is C15H18N2O2. The SMILES string of the molecule is CNCc1ccc(OCc2cccnc2)c(OC)c1. The largest absolute Gasteiger partial charge is 0.493 e. The van der Waals surface area contributed by atoms with Gasteiger partial charge in [0, 0.05) is 24.5 Å². The number of benzene rings is 1. The molecule has 4 heteroatoms. The summed E-state index contributed by atoms with van der Waals surface area (Å²) in [5.74, 6) is 1.49. The number of hydrogen-bond donors (Lipinski definition) is 1. The van der Waals surface area contributed by atoms with Gasteiger partial charge in [-0.2, -0.15) is 0 Å². The van der Waals surface area contributed by atoms with Crippen LogP contribution in [0, 0.1) is 0 Å². The van der Waals surface area contributed by atoms with Gasteiger partial charge in [-0.3, -0.25) is 4.98 Å². The second-order valence-electron chi connectivity index (χ2n) is 4.17. The molecule has 0 saturated carbocycles. The normalized spacial score (nSPS) is 10.2. The predicted molar refractivity (Wildman–Crippen MR) is 74.3 cm³/mol. The van der Waals surface area contributed by atoms with E-state index in [1.165, 1.54) is 0 Å². The Kier molecular flexibility index (Phi) is 4.75. The molecule has 0 fully saturated rings. The van der Waals surface area contributed by atoms with Gasteiger partial charge in [0.1, 0.15) is 6.61 Å². The Morgan fingerprint density at radius 2 is 2.05 bits per heavy atom. The van der Waals surface area contributed by atoms with Gasteiger partial charge in [0.05, 0.1) is 7.11 Å². The summed E-state index contributed by atoms with van der Waals surface area (Å²) in [4.78, 5) is 4.06.